The zero-order valence-electron chi connectivity index (χ0n) is 15.0. The van der Waals surface area contributed by atoms with Gasteiger partial charge in [0.05, 0.1) is 25.6 Å². The van der Waals surface area contributed by atoms with Gasteiger partial charge in [-0.15, -0.1) is 22.7 Å². The maximum absolute atomic E-state index is 5.42. The van der Waals surface area contributed by atoms with Crippen LogP contribution in [0.15, 0.2) is 41.1 Å². The third kappa shape index (κ3) is 3.49. The van der Waals surface area contributed by atoms with Crippen molar-refractivity contribution in [1.82, 2.24) is 4.98 Å². The van der Waals surface area contributed by atoms with Gasteiger partial charge in [-0.3, -0.25) is 0 Å². The number of methoxy groups -OCH3 is 2. The molecule has 0 aliphatic carbocycles. The Hall–Kier alpha value is -1.89. The normalized spacial score (nSPS) is 19.6. The lowest BCUT2D eigenvalue weighted by atomic mass is 10.2. The van der Waals surface area contributed by atoms with Crippen molar-refractivity contribution in [2.75, 3.05) is 20.8 Å². The van der Waals surface area contributed by atoms with Crippen molar-refractivity contribution in [3.05, 3.63) is 51.7 Å². The van der Waals surface area contributed by atoms with Gasteiger partial charge < -0.3 is 14.4 Å². The monoisotopic (exact) mass is 387 g/mol. The van der Waals surface area contributed by atoms with E-state index in [9.17, 15) is 0 Å². The molecule has 0 radical (unpaired) electrons. The van der Waals surface area contributed by atoms with Crippen LogP contribution >= 0.6 is 22.7 Å². The number of ether oxygens (including phenoxy) is 2. The highest BCUT2D eigenvalue weighted by molar-refractivity contribution is 7.13. The molecule has 136 valence electrons. The molecule has 2 aromatic heterocycles. The Morgan fingerprint density at radius 1 is 1.15 bits per heavy atom. The van der Waals surface area contributed by atoms with Crippen molar-refractivity contribution >= 4 is 22.7 Å². The predicted molar refractivity (Wildman–Crippen MR) is 106 cm³/mol. The second-order valence-electron chi connectivity index (χ2n) is 6.51. The lowest BCUT2D eigenvalue weighted by Crippen LogP contribution is -3.08. The third-order valence-electron chi connectivity index (χ3n) is 4.96. The molecule has 4 nitrogen and oxygen atoms in total. The molecule has 0 spiro atoms. The lowest BCUT2D eigenvalue weighted by Gasteiger charge is -2.19. The molecule has 3 aromatic rings. The Morgan fingerprint density at radius 3 is 2.81 bits per heavy atom. The average Bonchev–Trinajstić information content (AvgIpc) is 3.42. The predicted octanol–water partition coefficient (Wildman–Crippen LogP) is 3.81. The molecule has 1 unspecified atom stereocenters. The molecule has 0 bridgehead atoms. The van der Waals surface area contributed by atoms with Crippen molar-refractivity contribution in [2.24, 2.45) is 0 Å². The van der Waals surface area contributed by atoms with Gasteiger partial charge in [-0.25, -0.2) is 4.98 Å². The van der Waals surface area contributed by atoms with Gasteiger partial charge in [-0.05, 0) is 29.6 Å². The number of thiophene rings is 1. The summed E-state index contributed by atoms with van der Waals surface area (Å²) in [5.74, 6) is 1.48. The highest BCUT2D eigenvalue weighted by Gasteiger charge is 2.31. The van der Waals surface area contributed by atoms with Gasteiger partial charge in [0.2, 0.25) is 0 Å². The van der Waals surface area contributed by atoms with Crippen LogP contribution in [0.3, 0.4) is 0 Å². The van der Waals surface area contributed by atoms with Crippen molar-refractivity contribution in [2.45, 2.75) is 25.4 Å². The molecule has 2 atom stereocenters. The van der Waals surface area contributed by atoms with Crippen LogP contribution in [-0.4, -0.2) is 25.7 Å². The van der Waals surface area contributed by atoms with E-state index in [2.05, 4.69) is 22.9 Å². The van der Waals surface area contributed by atoms with Crippen LogP contribution in [-0.2, 0) is 6.54 Å². The second-order valence-corrected chi connectivity index (χ2v) is 8.35. The Morgan fingerprint density at radius 2 is 2.04 bits per heavy atom. The summed E-state index contributed by atoms with van der Waals surface area (Å²) in [6.45, 7) is 2.22. The molecule has 1 N–H and O–H groups in total. The van der Waals surface area contributed by atoms with Gasteiger partial charge in [0.15, 0.2) is 11.5 Å². The van der Waals surface area contributed by atoms with E-state index < -0.39 is 0 Å². The fourth-order valence-electron chi connectivity index (χ4n) is 3.68. The van der Waals surface area contributed by atoms with Crippen LogP contribution in [0.25, 0.3) is 10.6 Å². The molecule has 1 aliphatic heterocycles. The van der Waals surface area contributed by atoms with E-state index in [1.54, 1.807) is 30.5 Å². The molecule has 6 heteroatoms. The van der Waals surface area contributed by atoms with Crippen molar-refractivity contribution < 1.29 is 14.4 Å². The fraction of sp³-hybridized carbons (Fsp3) is 0.350. The zero-order chi connectivity index (χ0) is 17.9. The van der Waals surface area contributed by atoms with Crippen molar-refractivity contribution in [1.29, 1.82) is 0 Å². The van der Waals surface area contributed by atoms with Gasteiger partial charge in [0.1, 0.15) is 23.3 Å². The van der Waals surface area contributed by atoms with Gasteiger partial charge in [0, 0.05) is 23.8 Å². The van der Waals surface area contributed by atoms with E-state index in [0.717, 1.165) is 28.6 Å². The van der Waals surface area contributed by atoms with E-state index in [-0.39, 0.29) is 0 Å². The first kappa shape index (κ1) is 17.5. The van der Waals surface area contributed by atoms with Crippen LogP contribution < -0.4 is 14.4 Å². The van der Waals surface area contributed by atoms with E-state index in [1.165, 1.54) is 30.0 Å². The van der Waals surface area contributed by atoms with Gasteiger partial charge in [-0.2, -0.15) is 0 Å². The number of nitrogens with zero attached hydrogens (tertiary/aromatic N) is 1. The third-order valence-corrected chi connectivity index (χ3v) is 6.89. The molecule has 1 fully saturated rings. The molecule has 4 rings (SSSR count). The summed E-state index contributed by atoms with van der Waals surface area (Å²) in [5, 5.41) is 5.42. The maximum atomic E-state index is 5.42. The molecule has 1 aliphatic rings. The van der Waals surface area contributed by atoms with Gasteiger partial charge >= 0.3 is 0 Å². The fourth-order valence-corrected chi connectivity index (χ4v) is 5.42. The quantitative estimate of drug-likeness (QED) is 0.699. The highest BCUT2D eigenvalue weighted by atomic mass is 32.1. The highest BCUT2D eigenvalue weighted by Crippen LogP contribution is 2.33. The summed E-state index contributed by atoms with van der Waals surface area (Å²) in [6.07, 6.45) is 2.58. The largest absolute Gasteiger partial charge is 0.493 e. The summed E-state index contributed by atoms with van der Waals surface area (Å²) in [6, 6.07) is 11.0. The van der Waals surface area contributed by atoms with E-state index in [4.69, 9.17) is 14.5 Å². The van der Waals surface area contributed by atoms with Crippen molar-refractivity contribution in [3.8, 4) is 22.1 Å². The number of hydrogen-bond acceptors (Lipinski definition) is 5. The number of hydrogen-bond donors (Lipinski definition) is 1. The van der Waals surface area contributed by atoms with E-state index in [1.807, 2.05) is 29.5 Å². The second kappa shape index (κ2) is 7.78. The smallest absolute Gasteiger partial charge is 0.161 e. The molecule has 0 amide bonds. The van der Waals surface area contributed by atoms with Gasteiger partial charge in [-0.1, -0.05) is 6.07 Å². The minimum atomic E-state index is 0.626. The first-order chi connectivity index (χ1) is 12.8. The Bertz CT molecular complexity index is 861. The number of nitrogens with one attached hydrogen (secondary N) is 1. The molecule has 26 heavy (non-hydrogen) atoms. The zero-order valence-corrected chi connectivity index (χ0v) is 16.7. The summed E-state index contributed by atoms with van der Waals surface area (Å²) in [7, 11) is 3.32. The minimum Gasteiger partial charge on any atom is -0.493 e. The molecular formula is C20H23N2O2S2+. The first-order valence-corrected chi connectivity index (χ1v) is 10.6. The molecule has 0 saturated carbocycles. The Labute approximate surface area is 162 Å². The standard InChI is InChI=1S/C20H22N2O2S2/c1-23-17-8-7-14(11-18(17)24-2)20-21-15(13-26-20)12-22-9-3-5-16(22)19-6-4-10-25-19/h4,6-8,10-11,13,16H,3,5,9,12H2,1-2H3/p+1/t16-/m1/s1. The Kier molecular flexibility index (Phi) is 5.24. The topological polar surface area (TPSA) is 35.8 Å². The van der Waals surface area contributed by atoms with E-state index >= 15 is 0 Å². The summed E-state index contributed by atoms with van der Waals surface area (Å²) >= 11 is 3.58. The average molecular weight is 388 g/mol. The Balaban J connectivity index is 1.51. The SMILES string of the molecule is COc1ccc(-c2nc(C[NH+]3CCC[C@@H]3c3cccs3)cs2)cc1OC. The van der Waals surface area contributed by atoms with Crippen molar-refractivity contribution in [3.63, 3.8) is 0 Å². The molecule has 1 saturated heterocycles. The summed E-state index contributed by atoms with van der Waals surface area (Å²) in [4.78, 5) is 8.04. The minimum absolute atomic E-state index is 0.626. The van der Waals surface area contributed by atoms with Crippen LogP contribution in [0.4, 0.5) is 0 Å². The first-order valence-electron chi connectivity index (χ1n) is 8.83. The van der Waals surface area contributed by atoms with Crippen LogP contribution in [0.5, 0.6) is 11.5 Å². The molecule has 3 heterocycles. The van der Waals surface area contributed by atoms with E-state index in [0.29, 0.717) is 6.04 Å². The molecular weight excluding hydrogens is 364 g/mol. The van der Waals surface area contributed by atoms with Gasteiger partial charge in [0.25, 0.3) is 0 Å². The number of likely N-dealkylation sites (tertiary alicyclic amines) is 1. The lowest BCUT2D eigenvalue weighted by molar-refractivity contribution is -0.931. The number of benzene rings is 1. The number of thiazole rings is 1. The molecule has 1 aromatic carbocycles. The van der Waals surface area contributed by atoms with Crippen LogP contribution in [0.1, 0.15) is 29.5 Å². The number of quaternary nitrogens is 1. The number of aromatic nitrogens is 1. The summed E-state index contributed by atoms with van der Waals surface area (Å²) in [5.41, 5.74) is 2.25. The summed E-state index contributed by atoms with van der Waals surface area (Å²) < 4.78 is 10.7. The number of rotatable bonds is 6. The van der Waals surface area contributed by atoms with Crippen LogP contribution in [0.2, 0.25) is 0 Å². The maximum Gasteiger partial charge on any atom is 0.161 e. The van der Waals surface area contributed by atoms with Crippen LogP contribution in [0, 0.1) is 0 Å².